The van der Waals surface area contributed by atoms with Crippen molar-refractivity contribution in [2.24, 2.45) is 0 Å². The minimum Gasteiger partial charge on any atom is -0.376 e. The zero-order chi connectivity index (χ0) is 12.5. The van der Waals surface area contributed by atoms with E-state index >= 15 is 0 Å². The highest BCUT2D eigenvalue weighted by Crippen LogP contribution is 2.20. The maximum atomic E-state index is 5.98. The van der Waals surface area contributed by atoms with Crippen LogP contribution >= 0.6 is 0 Å². The molecule has 0 aliphatic heterocycles. The Labute approximate surface area is 106 Å². The summed E-state index contributed by atoms with van der Waals surface area (Å²) in [6, 6.07) is 0.523. The monoisotopic (exact) mass is 243 g/mol. The van der Waals surface area contributed by atoms with Crippen LogP contribution in [0, 0.1) is 0 Å². The molecule has 3 nitrogen and oxygen atoms in total. The van der Waals surface area contributed by atoms with Crippen LogP contribution in [0.5, 0.6) is 0 Å². The molecule has 1 rings (SSSR count). The summed E-state index contributed by atoms with van der Waals surface area (Å²) in [6.07, 6.45) is 8.47. The molecule has 3 heteroatoms. The predicted octanol–water partition coefficient (Wildman–Crippen LogP) is 2.74. The van der Waals surface area contributed by atoms with Crippen LogP contribution in [0.15, 0.2) is 0 Å². The van der Waals surface area contributed by atoms with Gasteiger partial charge in [-0.15, -0.1) is 0 Å². The number of hydrogen-bond acceptors (Lipinski definition) is 3. The Kier molecular flexibility index (Phi) is 7.82. The summed E-state index contributed by atoms with van der Waals surface area (Å²) in [6.45, 7) is 5.56. The molecule has 1 aliphatic rings. The van der Waals surface area contributed by atoms with Gasteiger partial charge in [-0.1, -0.05) is 25.7 Å². The summed E-state index contributed by atoms with van der Waals surface area (Å²) < 4.78 is 11.5. The summed E-state index contributed by atoms with van der Waals surface area (Å²) in [7, 11) is 2.05. The van der Waals surface area contributed by atoms with Crippen molar-refractivity contribution >= 4 is 0 Å². The van der Waals surface area contributed by atoms with Gasteiger partial charge in [0.15, 0.2) is 0 Å². The average Bonchev–Trinajstić information content (AvgIpc) is 2.26. The lowest BCUT2D eigenvalue weighted by Crippen LogP contribution is -2.40. The summed E-state index contributed by atoms with van der Waals surface area (Å²) in [5.41, 5.74) is 0. The SMILES string of the molecule is CNC1CCCCCCC1OCCOC(C)C. The third kappa shape index (κ3) is 6.39. The molecule has 1 aliphatic carbocycles. The van der Waals surface area contributed by atoms with Gasteiger partial charge in [0.1, 0.15) is 0 Å². The number of rotatable bonds is 6. The summed E-state index contributed by atoms with van der Waals surface area (Å²) in [5.74, 6) is 0. The molecule has 0 aromatic carbocycles. The van der Waals surface area contributed by atoms with Gasteiger partial charge >= 0.3 is 0 Å². The second-order valence-corrected chi connectivity index (χ2v) is 5.22. The van der Waals surface area contributed by atoms with Crippen molar-refractivity contribution < 1.29 is 9.47 Å². The summed E-state index contributed by atoms with van der Waals surface area (Å²) in [5, 5.41) is 3.41. The van der Waals surface area contributed by atoms with E-state index in [1.807, 2.05) is 7.05 Å². The molecule has 2 atom stereocenters. The Morgan fingerprint density at radius 1 is 1.06 bits per heavy atom. The molecule has 0 amide bonds. The van der Waals surface area contributed by atoms with Crippen molar-refractivity contribution in [3.05, 3.63) is 0 Å². The fourth-order valence-electron chi connectivity index (χ4n) is 2.46. The molecule has 0 saturated heterocycles. The van der Waals surface area contributed by atoms with Gasteiger partial charge in [-0.3, -0.25) is 0 Å². The minimum absolute atomic E-state index is 0.302. The molecular weight excluding hydrogens is 214 g/mol. The van der Waals surface area contributed by atoms with Crippen LogP contribution in [-0.4, -0.2) is 38.5 Å². The zero-order valence-corrected chi connectivity index (χ0v) is 11.7. The first-order chi connectivity index (χ1) is 8.24. The fourth-order valence-corrected chi connectivity index (χ4v) is 2.46. The van der Waals surface area contributed by atoms with Gasteiger partial charge in [-0.05, 0) is 33.7 Å². The average molecular weight is 243 g/mol. The molecule has 0 aromatic heterocycles. The predicted molar refractivity (Wildman–Crippen MR) is 71.4 cm³/mol. The van der Waals surface area contributed by atoms with Crippen molar-refractivity contribution in [2.45, 2.75) is 70.6 Å². The van der Waals surface area contributed by atoms with Crippen LogP contribution in [-0.2, 0) is 9.47 Å². The van der Waals surface area contributed by atoms with E-state index < -0.39 is 0 Å². The Hall–Kier alpha value is -0.120. The molecule has 1 N–H and O–H groups in total. The smallest absolute Gasteiger partial charge is 0.0729 e. The highest BCUT2D eigenvalue weighted by Gasteiger charge is 2.21. The van der Waals surface area contributed by atoms with Gasteiger partial charge < -0.3 is 14.8 Å². The second kappa shape index (κ2) is 8.90. The maximum Gasteiger partial charge on any atom is 0.0729 e. The fraction of sp³-hybridized carbons (Fsp3) is 1.00. The number of likely N-dealkylation sites (N-methyl/N-ethyl adjacent to an activating group) is 1. The topological polar surface area (TPSA) is 30.5 Å². The molecule has 2 unspecified atom stereocenters. The number of ether oxygens (including phenoxy) is 2. The number of nitrogens with one attached hydrogen (secondary N) is 1. The Bertz CT molecular complexity index is 185. The van der Waals surface area contributed by atoms with Gasteiger partial charge in [0.25, 0.3) is 0 Å². The first-order valence-electron chi connectivity index (χ1n) is 7.14. The third-order valence-electron chi connectivity index (χ3n) is 3.44. The maximum absolute atomic E-state index is 5.98. The van der Waals surface area contributed by atoms with E-state index in [2.05, 4.69) is 19.2 Å². The molecular formula is C14H29NO2. The molecule has 0 radical (unpaired) electrons. The van der Waals surface area contributed by atoms with Crippen LogP contribution in [0.3, 0.4) is 0 Å². The van der Waals surface area contributed by atoms with Crippen LogP contribution in [0.4, 0.5) is 0 Å². The lowest BCUT2D eigenvalue weighted by Gasteiger charge is -2.29. The van der Waals surface area contributed by atoms with E-state index in [0.29, 0.717) is 24.9 Å². The molecule has 1 saturated carbocycles. The van der Waals surface area contributed by atoms with Crippen molar-refractivity contribution in [1.82, 2.24) is 5.32 Å². The quantitative estimate of drug-likeness (QED) is 0.728. The molecule has 0 spiro atoms. The Balaban J connectivity index is 2.25. The Morgan fingerprint density at radius 2 is 1.76 bits per heavy atom. The van der Waals surface area contributed by atoms with Gasteiger partial charge in [0, 0.05) is 6.04 Å². The van der Waals surface area contributed by atoms with Gasteiger partial charge in [-0.2, -0.15) is 0 Å². The van der Waals surface area contributed by atoms with Gasteiger partial charge in [-0.25, -0.2) is 0 Å². The standard InChI is InChI=1S/C14H29NO2/c1-12(2)16-10-11-17-14-9-7-5-4-6-8-13(14)15-3/h12-15H,4-11H2,1-3H3. The molecule has 1 fully saturated rings. The van der Waals surface area contributed by atoms with Crippen molar-refractivity contribution in [3.8, 4) is 0 Å². The van der Waals surface area contributed by atoms with E-state index in [1.165, 1.54) is 38.5 Å². The van der Waals surface area contributed by atoms with Gasteiger partial charge in [0.05, 0.1) is 25.4 Å². The van der Waals surface area contributed by atoms with Crippen molar-refractivity contribution in [1.29, 1.82) is 0 Å². The first-order valence-corrected chi connectivity index (χ1v) is 7.14. The minimum atomic E-state index is 0.302. The van der Waals surface area contributed by atoms with Crippen molar-refractivity contribution in [2.75, 3.05) is 20.3 Å². The molecule has 17 heavy (non-hydrogen) atoms. The highest BCUT2D eigenvalue weighted by atomic mass is 16.5. The lowest BCUT2D eigenvalue weighted by molar-refractivity contribution is -0.0308. The Morgan fingerprint density at radius 3 is 2.41 bits per heavy atom. The van der Waals surface area contributed by atoms with E-state index in [4.69, 9.17) is 9.47 Å². The summed E-state index contributed by atoms with van der Waals surface area (Å²) in [4.78, 5) is 0. The van der Waals surface area contributed by atoms with Crippen LogP contribution in [0.1, 0.15) is 52.4 Å². The van der Waals surface area contributed by atoms with Crippen molar-refractivity contribution in [3.63, 3.8) is 0 Å². The van der Waals surface area contributed by atoms with E-state index in [9.17, 15) is 0 Å². The third-order valence-corrected chi connectivity index (χ3v) is 3.44. The second-order valence-electron chi connectivity index (χ2n) is 5.22. The largest absolute Gasteiger partial charge is 0.376 e. The van der Waals surface area contributed by atoms with Crippen LogP contribution in [0.2, 0.25) is 0 Å². The van der Waals surface area contributed by atoms with Crippen LogP contribution < -0.4 is 5.32 Å². The molecule has 102 valence electrons. The highest BCUT2D eigenvalue weighted by molar-refractivity contribution is 4.78. The van der Waals surface area contributed by atoms with E-state index in [1.54, 1.807) is 0 Å². The molecule has 0 aromatic rings. The summed E-state index contributed by atoms with van der Waals surface area (Å²) >= 11 is 0. The lowest BCUT2D eigenvalue weighted by atomic mass is 9.94. The first kappa shape index (κ1) is 14.9. The molecule has 0 heterocycles. The normalized spacial score (nSPS) is 26.8. The zero-order valence-electron chi connectivity index (χ0n) is 11.7. The molecule has 0 bridgehead atoms. The van der Waals surface area contributed by atoms with Crippen LogP contribution in [0.25, 0.3) is 0 Å². The van der Waals surface area contributed by atoms with Gasteiger partial charge in [0.2, 0.25) is 0 Å². The van der Waals surface area contributed by atoms with E-state index in [-0.39, 0.29) is 0 Å². The number of hydrogen-bond donors (Lipinski definition) is 1. The van der Waals surface area contributed by atoms with E-state index in [0.717, 1.165) is 6.61 Å².